The van der Waals surface area contributed by atoms with Crippen molar-refractivity contribution in [2.24, 2.45) is 0 Å². The molecule has 1 aliphatic rings. The van der Waals surface area contributed by atoms with Gasteiger partial charge in [0.05, 0.1) is 18.7 Å². The molecule has 32 heavy (non-hydrogen) atoms. The van der Waals surface area contributed by atoms with E-state index in [0.717, 1.165) is 11.1 Å². The highest BCUT2D eigenvalue weighted by atomic mass is 35.5. The van der Waals surface area contributed by atoms with Gasteiger partial charge in [0.1, 0.15) is 11.5 Å². The number of aliphatic hydroxyl groups excluding tert-OH is 1. The molecule has 3 aromatic carbocycles. The largest absolute Gasteiger partial charge is 0.507 e. The molecule has 1 unspecified atom stereocenters. The van der Waals surface area contributed by atoms with Gasteiger partial charge in [0.25, 0.3) is 11.7 Å². The average molecular weight is 448 g/mol. The van der Waals surface area contributed by atoms with E-state index in [0.29, 0.717) is 27.6 Å². The Labute approximate surface area is 191 Å². The first-order chi connectivity index (χ1) is 15.3. The number of benzene rings is 3. The zero-order valence-electron chi connectivity index (χ0n) is 17.9. The van der Waals surface area contributed by atoms with Crippen LogP contribution < -0.4 is 9.64 Å². The fourth-order valence-electron chi connectivity index (χ4n) is 4.14. The molecule has 1 heterocycles. The van der Waals surface area contributed by atoms with E-state index in [1.54, 1.807) is 36.4 Å². The second-order valence-corrected chi connectivity index (χ2v) is 8.20. The summed E-state index contributed by atoms with van der Waals surface area (Å²) in [6, 6.07) is 18.5. The van der Waals surface area contributed by atoms with E-state index in [-0.39, 0.29) is 11.3 Å². The van der Waals surface area contributed by atoms with Crippen LogP contribution in [0.4, 0.5) is 5.69 Å². The first-order valence-corrected chi connectivity index (χ1v) is 10.5. The number of ketones is 1. The Bertz CT molecular complexity index is 1230. The number of nitrogens with zero attached hydrogens (tertiary/aromatic N) is 1. The first kappa shape index (κ1) is 21.7. The first-order valence-electron chi connectivity index (χ1n) is 10.1. The van der Waals surface area contributed by atoms with Crippen molar-refractivity contribution < 1.29 is 19.4 Å². The second-order valence-electron chi connectivity index (χ2n) is 7.76. The maximum atomic E-state index is 13.3. The summed E-state index contributed by atoms with van der Waals surface area (Å²) in [5.74, 6) is -1.22. The fraction of sp³-hybridized carbons (Fsp3) is 0.154. The summed E-state index contributed by atoms with van der Waals surface area (Å²) in [5, 5.41) is 11.7. The Morgan fingerprint density at radius 3 is 2.22 bits per heavy atom. The van der Waals surface area contributed by atoms with E-state index in [1.165, 1.54) is 12.0 Å². The molecule has 0 radical (unpaired) electrons. The van der Waals surface area contributed by atoms with Gasteiger partial charge in [-0.05, 0) is 67.4 Å². The molecule has 1 aliphatic heterocycles. The number of amides is 1. The summed E-state index contributed by atoms with van der Waals surface area (Å²) in [6.45, 7) is 3.86. The van der Waals surface area contributed by atoms with Gasteiger partial charge < -0.3 is 9.84 Å². The number of para-hydroxylation sites is 1. The van der Waals surface area contributed by atoms with Crippen molar-refractivity contribution in [3.63, 3.8) is 0 Å². The van der Waals surface area contributed by atoms with E-state index in [2.05, 4.69) is 0 Å². The molecule has 5 nitrogen and oxygen atoms in total. The van der Waals surface area contributed by atoms with Crippen LogP contribution in [0.15, 0.2) is 72.3 Å². The number of carbonyl (C=O) groups excluding carboxylic acids is 2. The minimum atomic E-state index is -0.858. The third-order valence-corrected chi connectivity index (χ3v) is 5.73. The van der Waals surface area contributed by atoms with Crippen LogP contribution in [-0.2, 0) is 9.59 Å². The summed E-state index contributed by atoms with van der Waals surface area (Å²) in [5.41, 5.74) is 3.49. The van der Waals surface area contributed by atoms with Crippen LogP contribution in [0.25, 0.3) is 5.76 Å². The Hall–Kier alpha value is -3.57. The highest BCUT2D eigenvalue weighted by molar-refractivity contribution is 6.51. The normalized spacial score (nSPS) is 17.6. The number of methoxy groups -OCH3 is 1. The Morgan fingerprint density at radius 1 is 0.969 bits per heavy atom. The van der Waals surface area contributed by atoms with Crippen molar-refractivity contribution in [1.82, 2.24) is 0 Å². The maximum Gasteiger partial charge on any atom is 0.300 e. The molecule has 1 amide bonds. The Morgan fingerprint density at radius 2 is 1.59 bits per heavy atom. The van der Waals surface area contributed by atoms with Gasteiger partial charge >= 0.3 is 0 Å². The number of halogens is 1. The smallest absolute Gasteiger partial charge is 0.300 e. The highest BCUT2D eigenvalue weighted by Gasteiger charge is 2.48. The van der Waals surface area contributed by atoms with Crippen molar-refractivity contribution in [2.45, 2.75) is 19.9 Å². The molecule has 0 saturated carbocycles. The molecule has 0 aliphatic carbocycles. The minimum absolute atomic E-state index is 0.000909. The fourth-order valence-corrected chi connectivity index (χ4v) is 4.26. The summed E-state index contributed by atoms with van der Waals surface area (Å²) >= 11 is 5.98. The van der Waals surface area contributed by atoms with Crippen molar-refractivity contribution >= 4 is 34.7 Å². The number of ether oxygens (including phenoxy) is 1. The highest BCUT2D eigenvalue weighted by Crippen LogP contribution is 2.45. The van der Waals surface area contributed by atoms with E-state index in [9.17, 15) is 14.7 Å². The van der Waals surface area contributed by atoms with Gasteiger partial charge in [-0.3, -0.25) is 14.5 Å². The van der Waals surface area contributed by atoms with Crippen molar-refractivity contribution in [1.29, 1.82) is 0 Å². The molecule has 1 fully saturated rings. The predicted molar refractivity (Wildman–Crippen MR) is 125 cm³/mol. The third-order valence-electron chi connectivity index (χ3n) is 5.48. The minimum Gasteiger partial charge on any atom is -0.507 e. The number of anilines is 1. The van der Waals surface area contributed by atoms with Crippen molar-refractivity contribution in [3.05, 3.63) is 99.6 Å². The lowest BCUT2D eigenvalue weighted by atomic mass is 9.94. The number of aryl methyl sites for hydroxylation is 2. The Kier molecular flexibility index (Phi) is 5.76. The number of hydrogen-bond donors (Lipinski definition) is 1. The maximum absolute atomic E-state index is 13.3. The molecule has 162 valence electrons. The quantitative estimate of drug-likeness (QED) is 0.321. The molecule has 1 saturated heterocycles. The van der Waals surface area contributed by atoms with Gasteiger partial charge in [-0.15, -0.1) is 0 Å². The number of carbonyl (C=O) groups is 2. The van der Waals surface area contributed by atoms with Gasteiger partial charge in [-0.1, -0.05) is 35.9 Å². The summed E-state index contributed by atoms with van der Waals surface area (Å²) in [4.78, 5) is 28.0. The van der Waals surface area contributed by atoms with Gasteiger partial charge in [-0.2, -0.15) is 0 Å². The van der Waals surface area contributed by atoms with E-state index >= 15 is 0 Å². The average Bonchev–Trinajstić information content (AvgIpc) is 3.03. The lowest BCUT2D eigenvalue weighted by Crippen LogP contribution is -2.29. The topological polar surface area (TPSA) is 66.8 Å². The van der Waals surface area contributed by atoms with E-state index in [4.69, 9.17) is 16.3 Å². The van der Waals surface area contributed by atoms with E-state index in [1.807, 2.05) is 44.2 Å². The summed E-state index contributed by atoms with van der Waals surface area (Å²) in [6.07, 6.45) is 0. The van der Waals surface area contributed by atoms with Crippen LogP contribution in [0.1, 0.15) is 28.3 Å². The van der Waals surface area contributed by atoms with Crippen molar-refractivity contribution in [2.75, 3.05) is 12.0 Å². The number of hydrogen-bond acceptors (Lipinski definition) is 4. The van der Waals surface area contributed by atoms with Crippen LogP contribution in [0.3, 0.4) is 0 Å². The molecular weight excluding hydrogens is 426 g/mol. The molecular formula is C26H22ClNO4. The second kappa shape index (κ2) is 8.52. The van der Waals surface area contributed by atoms with E-state index < -0.39 is 17.7 Å². The monoisotopic (exact) mass is 447 g/mol. The van der Waals surface area contributed by atoms with Gasteiger partial charge in [0.2, 0.25) is 0 Å². The van der Waals surface area contributed by atoms with Crippen LogP contribution in [0.5, 0.6) is 5.75 Å². The van der Waals surface area contributed by atoms with Crippen LogP contribution in [-0.4, -0.2) is 23.9 Å². The molecule has 0 aromatic heterocycles. The van der Waals surface area contributed by atoms with Gasteiger partial charge in [-0.25, -0.2) is 0 Å². The molecule has 6 heteroatoms. The zero-order chi connectivity index (χ0) is 23.0. The molecule has 1 atom stereocenters. The number of aliphatic hydroxyl groups is 1. The van der Waals surface area contributed by atoms with Gasteiger partial charge in [0.15, 0.2) is 0 Å². The van der Waals surface area contributed by atoms with Crippen LogP contribution >= 0.6 is 11.6 Å². The lowest BCUT2D eigenvalue weighted by molar-refractivity contribution is -0.132. The summed E-state index contributed by atoms with van der Waals surface area (Å²) in [7, 11) is 1.53. The zero-order valence-corrected chi connectivity index (χ0v) is 18.7. The predicted octanol–water partition coefficient (Wildman–Crippen LogP) is 5.59. The van der Waals surface area contributed by atoms with Gasteiger partial charge in [0, 0.05) is 21.8 Å². The molecule has 3 aromatic rings. The summed E-state index contributed by atoms with van der Waals surface area (Å²) < 4.78 is 5.54. The number of Topliss-reactive ketones (excluding diaryl/α,β-unsaturated/α-hetero) is 1. The number of rotatable bonds is 4. The molecule has 0 bridgehead atoms. The SMILES string of the molecule is COc1ccccc1C1/C(=C(\O)c2ccc(Cl)cc2)C(=O)C(=O)N1c1cc(C)cc(C)c1. The standard InChI is InChI=1S/C26H22ClNO4/c1-15-12-16(2)14-19(13-15)28-23(20-6-4-5-7-21(20)32-3)22(25(30)26(28)31)24(29)17-8-10-18(27)11-9-17/h4-14,23,29H,1-3H3/b24-22+. The lowest BCUT2D eigenvalue weighted by Gasteiger charge is -2.27. The Balaban J connectivity index is 2.00. The van der Waals surface area contributed by atoms with Crippen LogP contribution in [0.2, 0.25) is 5.02 Å². The van der Waals surface area contributed by atoms with Crippen LogP contribution in [0, 0.1) is 13.8 Å². The molecule has 1 N–H and O–H groups in total. The third kappa shape index (κ3) is 3.76. The molecule has 4 rings (SSSR count). The molecule has 0 spiro atoms. The van der Waals surface area contributed by atoms with Crippen molar-refractivity contribution in [3.8, 4) is 5.75 Å².